The molecule has 1 amide bonds. The molecule has 18 heavy (non-hydrogen) atoms. The molecular formula is C13H21ClN2OS. The van der Waals surface area contributed by atoms with E-state index in [4.69, 9.17) is 0 Å². The third-order valence-corrected chi connectivity index (χ3v) is 3.74. The lowest BCUT2D eigenvalue weighted by atomic mass is 10.2. The van der Waals surface area contributed by atoms with Crippen molar-refractivity contribution in [3.63, 3.8) is 0 Å². The van der Waals surface area contributed by atoms with Crippen LogP contribution in [-0.4, -0.2) is 30.0 Å². The van der Waals surface area contributed by atoms with Crippen molar-refractivity contribution in [2.24, 2.45) is 0 Å². The molecule has 0 aliphatic carbocycles. The number of thioether (sulfide) groups is 1. The zero-order valence-corrected chi connectivity index (χ0v) is 12.7. The number of amides is 1. The van der Waals surface area contributed by atoms with Crippen molar-refractivity contribution < 1.29 is 4.79 Å². The van der Waals surface area contributed by atoms with E-state index in [0.717, 1.165) is 5.69 Å². The molecule has 0 aliphatic rings. The van der Waals surface area contributed by atoms with E-state index < -0.39 is 0 Å². The molecule has 2 N–H and O–H groups in total. The Labute approximate surface area is 120 Å². The molecule has 3 nitrogen and oxygen atoms in total. The third kappa shape index (κ3) is 6.77. The van der Waals surface area contributed by atoms with Crippen molar-refractivity contribution >= 4 is 35.8 Å². The number of para-hydroxylation sites is 1. The molecule has 0 unspecified atom stereocenters. The average Bonchev–Trinajstić information content (AvgIpc) is 2.35. The maximum atomic E-state index is 11.6. The van der Waals surface area contributed by atoms with Gasteiger partial charge in [-0.1, -0.05) is 18.2 Å². The Kier molecular flexibility index (Phi) is 7.87. The quantitative estimate of drug-likeness (QED) is 0.846. The summed E-state index contributed by atoms with van der Waals surface area (Å²) in [5, 5.41) is 6.00. The second-order valence-electron chi connectivity index (χ2n) is 4.46. The maximum Gasteiger partial charge on any atom is 0.239 e. The van der Waals surface area contributed by atoms with Crippen LogP contribution < -0.4 is 10.6 Å². The first-order chi connectivity index (χ1) is 8.03. The number of anilines is 1. The van der Waals surface area contributed by atoms with Gasteiger partial charge in [-0.3, -0.25) is 4.79 Å². The lowest BCUT2D eigenvalue weighted by molar-refractivity contribution is -0.119. The van der Waals surface area contributed by atoms with Crippen LogP contribution in [0.2, 0.25) is 0 Å². The zero-order valence-electron chi connectivity index (χ0n) is 11.0. The summed E-state index contributed by atoms with van der Waals surface area (Å²) in [6, 6.07) is 9.72. The number of halogens is 1. The molecule has 0 aliphatic heterocycles. The largest absolute Gasteiger partial charge is 0.376 e. The number of hydrogen-bond acceptors (Lipinski definition) is 3. The highest BCUT2D eigenvalue weighted by atomic mass is 35.5. The van der Waals surface area contributed by atoms with Gasteiger partial charge in [-0.2, -0.15) is 11.8 Å². The monoisotopic (exact) mass is 288 g/mol. The summed E-state index contributed by atoms with van der Waals surface area (Å²) >= 11 is 1.75. The van der Waals surface area contributed by atoms with Crippen molar-refractivity contribution in [1.82, 2.24) is 5.32 Å². The topological polar surface area (TPSA) is 41.1 Å². The Hall–Kier alpha value is -0.870. The van der Waals surface area contributed by atoms with Gasteiger partial charge in [-0.25, -0.2) is 0 Å². The minimum Gasteiger partial charge on any atom is -0.376 e. The van der Waals surface area contributed by atoms with E-state index in [1.165, 1.54) is 0 Å². The van der Waals surface area contributed by atoms with Crippen molar-refractivity contribution in [2.75, 3.05) is 24.7 Å². The Morgan fingerprint density at radius 2 is 1.89 bits per heavy atom. The molecule has 102 valence electrons. The van der Waals surface area contributed by atoms with E-state index in [9.17, 15) is 4.79 Å². The minimum atomic E-state index is 0. The Morgan fingerprint density at radius 1 is 1.28 bits per heavy atom. The highest BCUT2D eigenvalue weighted by molar-refractivity contribution is 7.99. The van der Waals surface area contributed by atoms with Crippen LogP contribution in [0.25, 0.3) is 0 Å². The van der Waals surface area contributed by atoms with Gasteiger partial charge in [0.1, 0.15) is 0 Å². The van der Waals surface area contributed by atoms with Crippen molar-refractivity contribution in [2.45, 2.75) is 18.6 Å². The van der Waals surface area contributed by atoms with E-state index in [1.807, 2.05) is 36.6 Å². The molecule has 1 aromatic carbocycles. The molecular weight excluding hydrogens is 268 g/mol. The molecule has 0 heterocycles. The van der Waals surface area contributed by atoms with Crippen molar-refractivity contribution in [3.8, 4) is 0 Å². The van der Waals surface area contributed by atoms with Crippen LogP contribution in [0.4, 0.5) is 5.69 Å². The lowest BCUT2D eigenvalue weighted by Crippen LogP contribution is -2.38. The second-order valence-corrected chi connectivity index (χ2v) is 5.97. The molecule has 0 spiro atoms. The van der Waals surface area contributed by atoms with E-state index in [-0.39, 0.29) is 23.1 Å². The van der Waals surface area contributed by atoms with Gasteiger partial charge in [-0.15, -0.1) is 12.4 Å². The number of benzene rings is 1. The number of carbonyl (C=O) groups is 1. The second kappa shape index (κ2) is 8.27. The van der Waals surface area contributed by atoms with E-state index >= 15 is 0 Å². The van der Waals surface area contributed by atoms with Crippen LogP contribution in [0.1, 0.15) is 13.8 Å². The lowest BCUT2D eigenvalue weighted by Gasteiger charge is -2.22. The normalized spacial score (nSPS) is 10.4. The van der Waals surface area contributed by atoms with Crippen molar-refractivity contribution in [1.29, 1.82) is 0 Å². The molecule has 1 aromatic rings. The minimum absolute atomic E-state index is 0. The Morgan fingerprint density at radius 3 is 2.44 bits per heavy atom. The number of nitrogens with one attached hydrogen (secondary N) is 2. The molecule has 0 radical (unpaired) electrons. The number of rotatable bonds is 6. The Balaban J connectivity index is 0.00000289. The van der Waals surface area contributed by atoms with Gasteiger partial charge >= 0.3 is 0 Å². The van der Waals surface area contributed by atoms with Crippen LogP contribution >= 0.6 is 24.2 Å². The highest BCUT2D eigenvalue weighted by Gasteiger charge is 2.16. The first-order valence-corrected chi connectivity index (χ1v) is 6.87. The maximum absolute atomic E-state index is 11.6. The average molecular weight is 289 g/mol. The molecule has 0 atom stereocenters. The van der Waals surface area contributed by atoms with Crippen LogP contribution in [0.5, 0.6) is 0 Å². The first-order valence-electron chi connectivity index (χ1n) is 5.64. The summed E-state index contributed by atoms with van der Waals surface area (Å²) in [5.74, 6) is 0.0241. The summed E-state index contributed by atoms with van der Waals surface area (Å²) in [6.07, 6.45) is 2.05. The zero-order chi connectivity index (χ0) is 12.7. The van der Waals surface area contributed by atoms with Crippen LogP contribution in [0, 0.1) is 0 Å². The number of hydrogen-bond donors (Lipinski definition) is 2. The van der Waals surface area contributed by atoms with Gasteiger partial charge in [0.15, 0.2) is 0 Å². The molecule has 0 aromatic heterocycles. The summed E-state index contributed by atoms with van der Waals surface area (Å²) in [6.45, 7) is 5.23. The fraction of sp³-hybridized carbons (Fsp3) is 0.462. The molecule has 0 fully saturated rings. The Bertz CT molecular complexity index is 357. The summed E-state index contributed by atoms with van der Waals surface area (Å²) in [4.78, 5) is 11.6. The highest BCUT2D eigenvalue weighted by Crippen LogP contribution is 2.19. The van der Waals surface area contributed by atoms with Gasteiger partial charge in [0.05, 0.1) is 6.54 Å². The fourth-order valence-electron chi connectivity index (χ4n) is 1.18. The van der Waals surface area contributed by atoms with Crippen molar-refractivity contribution in [3.05, 3.63) is 30.3 Å². The summed E-state index contributed by atoms with van der Waals surface area (Å²) in [7, 11) is 0. The standard InChI is InChI=1S/C13H20N2OS.ClH/c1-13(2,17-3)10-15-12(16)9-14-11-7-5-4-6-8-11;/h4-8,14H,9-10H2,1-3H3,(H,15,16);1H. The molecule has 5 heteroatoms. The molecule has 0 saturated heterocycles. The first kappa shape index (κ1) is 17.1. The van der Waals surface area contributed by atoms with Crippen LogP contribution in [-0.2, 0) is 4.79 Å². The third-order valence-electron chi connectivity index (χ3n) is 2.49. The SMILES string of the molecule is CSC(C)(C)CNC(=O)CNc1ccccc1.Cl. The molecule has 0 bridgehead atoms. The molecule has 0 saturated carbocycles. The van der Waals surface area contributed by atoms with Crippen LogP contribution in [0.3, 0.4) is 0 Å². The van der Waals surface area contributed by atoms with E-state index in [1.54, 1.807) is 11.8 Å². The predicted molar refractivity (Wildman–Crippen MR) is 82.8 cm³/mol. The fourth-order valence-corrected chi connectivity index (χ4v) is 1.40. The number of carbonyl (C=O) groups excluding carboxylic acids is 1. The molecule has 1 rings (SSSR count). The summed E-state index contributed by atoms with van der Waals surface area (Å²) in [5.41, 5.74) is 0.965. The van der Waals surface area contributed by atoms with Gasteiger partial charge in [0, 0.05) is 17.0 Å². The van der Waals surface area contributed by atoms with E-state index in [2.05, 4.69) is 24.5 Å². The smallest absolute Gasteiger partial charge is 0.239 e. The van der Waals surface area contributed by atoms with Gasteiger partial charge < -0.3 is 10.6 Å². The van der Waals surface area contributed by atoms with Gasteiger partial charge in [0.2, 0.25) is 5.91 Å². The van der Waals surface area contributed by atoms with Gasteiger partial charge in [0.25, 0.3) is 0 Å². The predicted octanol–water partition coefficient (Wildman–Crippen LogP) is 2.78. The van der Waals surface area contributed by atoms with E-state index in [0.29, 0.717) is 13.1 Å². The van der Waals surface area contributed by atoms with Gasteiger partial charge in [-0.05, 0) is 32.2 Å². The van der Waals surface area contributed by atoms with Crippen LogP contribution in [0.15, 0.2) is 30.3 Å². The summed E-state index contributed by atoms with van der Waals surface area (Å²) < 4.78 is 0.0857.